The van der Waals surface area contributed by atoms with E-state index in [1.807, 2.05) is 16.8 Å². The number of carbonyl (C=O) groups excluding carboxylic acids is 1. The summed E-state index contributed by atoms with van der Waals surface area (Å²) in [6.07, 6.45) is 4.48. The Morgan fingerprint density at radius 1 is 1.29 bits per heavy atom. The Kier molecular flexibility index (Phi) is 3.92. The third-order valence-electron chi connectivity index (χ3n) is 3.86. The third-order valence-corrected chi connectivity index (χ3v) is 4.11. The van der Waals surface area contributed by atoms with E-state index in [1.54, 1.807) is 12.1 Å². The average molecular weight is 306 g/mol. The molecule has 0 spiro atoms. The van der Waals surface area contributed by atoms with Crippen molar-refractivity contribution in [2.75, 3.05) is 7.11 Å². The Hall–Kier alpha value is -1.88. The zero-order valence-corrected chi connectivity index (χ0v) is 12.5. The lowest BCUT2D eigenvalue weighted by molar-refractivity contribution is 0.0595. The number of hydrogen-bond acceptors (Lipinski definition) is 4. The highest BCUT2D eigenvalue weighted by atomic mass is 35.5. The molecule has 1 aromatic carbocycles. The van der Waals surface area contributed by atoms with Gasteiger partial charge in [-0.2, -0.15) is 0 Å². The van der Waals surface area contributed by atoms with Crippen LogP contribution in [0.2, 0.25) is 5.02 Å². The van der Waals surface area contributed by atoms with E-state index < -0.39 is 5.97 Å². The molecule has 5 nitrogen and oxygen atoms in total. The second-order valence-electron chi connectivity index (χ2n) is 5.17. The Morgan fingerprint density at radius 3 is 2.57 bits per heavy atom. The number of halogens is 1. The Labute approximate surface area is 127 Å². The molecule has 1 fully saturated rings. The first-order valence-corrected chi connectivity index (χ1v) is 7.38. The number of carbonyl (C=O) groups is 1. The van der Waals surface area contributed by atoms with Crippen LogP contribution in [-0.2, 0) is 4.74 Å². The van der Waals surface area contributed by atoms with Crippen LogP contribution in [0.1, 0.15) is 42.2 Å². The highest BCUT2D eigenvalue weighted by Gasteiger charge is 2.27. The molecule has 1 aliphatic rings. The normalized spacial score (nSPS) is 15.3. The van der Waals surface area contributed by atoms with Gasteiger partial charge in [-0.1, -0.05) is 41.8 Å². The van der Waals surface area contributed by atoms with Crippen LogP contribution in [-0.4, -0.2) is 28.1 Å². The number of esters is 1. The fourth-order valence-corrected chi connectivity index (χ4v) is 2.93. The van der Waals surface area contributed by atoms with Crippen molar-refractivity contribution < 1.29 is 9.53 Å². The predicted molar refractivity (Wildman–Crippen MR) is 79.3 cm³/mol. The molecule has 6 heteroatoms. The number of benzene rings is 1. The van der Waals surface area contributed by atoms with Crippen molar-refractivity contribution in [1.29, 1.82) is 0 Å². The summed E-state index contributed by atoms with van der Waals surface area (Å²) in [6.45, 7) is 0. The monoisotopic (exact) mass is 305 g/mol. The lowest BCUT2D eigenvalue weighted by Gasteiger charge is -2.13. The molecular formula is C15H16ClN3O2. The van der Waals surface area contributed by atoms with Gasteiger partial charge >= 0.3 is 5.97 Å². The molecule has 0 unspecified atom stereocenters. The number of ether oxygens (including phenoxy) is 1. The minimum Gasteiger partial charge on any atom is -0.464 e. The first-order chi connectivity index (χ1) is 10.2. The summed E-state index contributed by atoms with van der Waals surface area (Å²) in [5.41, 5.74) is 1.84. The van der Waals surface area contributed by atoms with Gasteiger partial charge in [-0.25, -0.2) is 9.48 Å². The fraction of sp³-hybridized carbons (Fsp3) is 0.400. The molecule has 0 atom stereocenters. The molecule has 2 aromatic rings. The van der Waals surface area contributed by atoms with E-state index in [0.717, 1.165) is 18.4 Å². The van der Waals surface area contributed by atoms with Crippen LogP contribution in [0.15, 0.2) is 24.3 Å². The van der Waals surface area contributed by atoms with Crippen molar-refractivity contribution in [1.82, 2.24) is 15.0 Å². The van der Waals surface area contributed by atoms with Crippen molar-refractivity contribution >= 4 is 17.6 Å². The molecule has 3 rings (SSSR count). The van der Waals surface area contributed by atoms with Gasteiger partial charge in [0.15, 0.2) is 5.69 Å². The molecule has 0 N–H and O–H groups in total. The number of nitrogens with zero attached hydrogens (tertiary/aromatic N) is 3. The van der Waals surface area contributed by atoms with E-state index in [9.17, 15) is 4.79 Å². The van der Waals surface area contributed by atoms with Gasteiger partial charge in [0.1, 0.15) is 5.69 Å². The van der Waals surface area contributed by atoms with Crippen molar-refractivity contribution in [3.05, 3.63) is 35.0 Å². The van der Waals surface area contributed by atoms with Crippen molar-refractivity contribution in [2.45, 2.75) is 31.7 Å². The summed E-state index contributed by atoms with van der Waals surface area (Å²) in [6, 6.07) is 7.63. The average Bonchev–Trinajstić information content (AvgIpc) is 3.16. The highest BCUT2D eigenvalue weighted by Crippen LogP contribution is 2.34. The van der Waals surface area contributed by atoms with Crippen LogP contribution in [0.4, 0.5) is 0 Å². The molecule has 110 valence electrons. The lowest BCUT2D eigenvalue weighted by Crippen LogP contribution is -2.10. The van der Waals surface area contributed by atoms with Gasteiger partial charge in [0.2, 0.25) is 0 Å². The molecule has 1 saturated carbocycles. The van der Waals surface area contributed by atoms with E-state index in [1.165, 1.54) is 20.0 Å². The molecular weight excluding hydrogens is 290 g/mol. The third kappa shape index (κ3) is 2.65. The zero-order chi connectivity index (χ0) is 14.8. The fourth-order valence-electron chi connectivity index (χ4n) is 2.81. The predicted octanol–water partition coefficient (Wildman–Crippen LogP) is 3.50. The summed E-state index contributed by atoms with van der Waals surface area (Å²) < 4.78 is 6.68. The Balaban J connectivity index is 2.11. The van der Waals surface area contributed by atoms with Crippen LogP contribution < -0.4 is 0 Å². The first-order valence-electron chi connectivity index (χ1n) is 7.00. The van der Waals surface area contributed by atoms with Crippen molar-refractivity contribution in [3.63, 3.8) is 0 Å². The zero-order valence-electron chi connectivity index (χ0n) is 11.8. The van der Waals surface area contributed by atoms with Crippen LogP contribution in [0.5, 0.6) is 0 Å². The molecule has 1 heterocycles. The van der Waals surface area contributed by atoms with E-state index in [-0.39, 0.29) is 5.69 Å². The van der Waals surface area contributed by atoms with Gasteiger partial charge in [-0.15, -0.1) is 5.10 Å². The van der Waals surface area contributed by atoms with Gasteiger partial charge in [-0.05, 0) is 25.0 Å². The summed E-state index contributed by atoms with van der Waals surface area (Å²) in [5, 5.41) is 8.89. The molecule has 0 bridgehead atoms. The molecule has 0 radical (unpaired) electrons. The molecule has 1 aliphatic carbocycles. The quantitative estimate of drug-likeness (QED) is 0.814. The summed E-state index contributed by atoms with van der Waals surface area (Å²) >= 11 is 5.94. The second kappa shape index (κ2) is 5.85. The van der Waals surface area contributed by atoms with Gasteiger partial charge in [0.25, 0.3) is 0 Å². The number of methoxy groups -OCH3 is 1. The molecule has 0 aliphatic heterocycles. The maximum atomic E-state index is 11.9. The second-order valence-corrected chi connectivity index (χ2v) is 5.60. The highest BCUT2D eigenvalue weighted by molar-refractivity contribution is 6.30. The largest absolute Gasteiger partial charge is 0.464 e. The number of hydrogen-bond donors (Lipinski definition) is 0. The van der Waals surface area contributed by atoms with Crippen molar-refractivity contribution in [3.8, 4) is 11.3 Å². The van der Waals surface area contributed by atoms with Crippen LogP contribution in [0.25, 0.3) is 11.3 Å². The standard InChI is InChI=1S/C15H16ClN3O2/c1-21-15(20)13-14(10-6-8-11(16)9-7-10)19(18-17-13)12-4-2-3-5-12/h6-9,12H,2-5H2,1H3. The van der Waals surface area contributed by atoms with Gasteiger partial charge in [-0.3, -0.25) is 0 Å². The topological polar surface area (TPSA) is 57.0 Å². The minimum absolute atomic E-state index is 0.256. The lowest BCUT2D eigenvalue weighted by atomic mass is 10.1. The van der Waals surface area contributed by atoms with Crippen LogP contribution >= 0.6 is 11.6 Å². The summed E-state index contributed by atoms with van der Waals surface area (Å²) in [5.74, 6) is -0.468. The number of aromatic nitrogens is 3. The smallest absolute Gasteiger partial charge is 0.360 e. The SMILES string of the molecule is COC(=O)c1nnn(C2CCCC2)c1-c1ccc(Cl)cc1. The van der Waals surface area contributed by atoms with E-state index in [2.05, 4.69) is 10.3 Å². The first kappa shape index (κ1) is 14.1. The van der Waals surface area contributed by atoms with Gasteiger partial charge < -0.3 is 4.74 Å². The van der Waals surface area contributed by atoms with E-state index in [0.29, 0.717) is 16.8 Å². The van der Waals surface area contributed by atoms with E-state index >= 15 is 0 Å². The molecule has 0 saturated heterocycles. The summed E-state index contributed by atoms with van der Waals surface area (Å²) in [4.78, 5) is 11.9. The van der Waals surface area contributed by atoms with Crippen LogP contribution in [0.3, 0.4) is 0 Å². The van der Waals surface area contributed by atoms with Gasteiger partial charge in [0.05, 0.1) is 13.2 Å². The summed E-state index contributed by atoms with van der Waals surface area (Å²) in [7, 11) is 1.35. The maximum absolute atomic E-state index is 11.9. The van der Waals surface area contributed by atoms with Gasteiger partial charge in [0, 0.05) is 10.6 Å². The molecule has 0 amide bonds. The minimum atomic E-state index is -0.468. The van der Waals surface area contributed by atoms with Crippen molar-refractivity contribution in [2.24, 2.45) is 0 Å². The molecule has 1 aromatic heterocycles. The van der Waals surface area contributed by atoms with Crippen LogP contribution in [0, 0.1) is 0 Å². The number of rotatable bonds is 3. The van der Waals surface area contributed by atoms with E-state index in [4.69, 9.17) is 16.3 Å². The Morgan fingerprint density at radius 2 is 1.95 bits per heavy atom. The Bertz CT molecular complexity index is 645. The maximum Gasteiger partial charge on any atom is 0.360 e. The molecule has 21 heavy (non-hydrogen) atoms.